The van der Waals surface area contributed by atoms with Crippen molar-refractivity contribution in [1.82, 2.24) is 5.32 Å². The minimum atomic E-state index is -1.32. The molecule has 1 aliphatic rings. The van der Waals surface area contributed by atoms with Crippen molar-refractivity contribution in [2.75, 3.05) is 13.2 Å². The van der Waals surface area contributed by atoms with E-state index in [1.165, 1.54) is 16.7 Å². The summed E-state index contributed by atoms with van der Waals surface area (Å²) in [5.74, 6) is -0.0312. The summed E-state index contributed by atoms with van der Waals surface area (Å²) >= 11 is -1.32. The first-order valence-corrected chi connectivity index (χ1v) is 12.8. The van der Waals surface area contributed by atoms with Crippen LogP contribution >= 0.6 is 0 Å². The molecule has 1 aliphatic heterocycles. The fourth-order valence-electron chi connectivity index (χ4n) is 3.98. The summed E-state index contributed by atoms with van der Waals surface area (Å²) in [6.07, 6.45) is 0.737. The number of nitrogens with one attached hydrogen (secondary N) is 1. The van der Waals surface area contributed by atoms with Gasteiger partial charge in [-0.2, -0.15) is 0 Å². The van der Waals surface area contributed by atoms with Crippen molar-refractivity contribution in [3.05, 3.63) is 69.8 Å². The van der Waals surface area contributed by atoms with Crippen molar-refractivity contribution in [1.29, 1.82) is 0 Å². The lowest BCUT2D eigenvalue weighted by molar-refractivity contribution is 0.0500. The molecule has 1 heterocycles. The summed E-state index contributed by atoms with van der Waals surface area (Å²) in [5.41, 5.74) is 6.61. The number of esters is 1. The van der Waals surface area contributed by atoms with E-state index in [4.69, 9.17) is 8.92 Å². The monoisotopic (exact) mass is 471 g/mol. The lowest BCUT2D eigenvalue weighted by atomic mass is 9.74. The Morgan fingerprint density at radius 1 is 1.00 bits per heavy atom. The van der Waals surface area contributed by atoms with Crippen LogP contribution in [0, 0.1) is 0 Å². The number of hydrogen-bond donors (Lipinski definition) is 1. The Bertz CT molecular complexity index is 1020. The first kappa shape index (κ1) is 25.6. The number of hydrogen-bond acceptors (Lipinski definition) is 5. The Morgan fingerprint density at radius 2 is 1.73 bits per heavy atom. The zero-order chi connectivity index (χ0) is 24.2. The molecular weight excluding hydrogens is 434 g/mol. The normalized spacial score (nSPS) is 16.4. The van der Waals surface area contributed by atoms with Gasteiger partial charge in [-0.1, -0.05) is 65.8 Å². The van der Waals surface area contributed by atoms with Crippen LogP contribution in [-0.4, -0.2) is 23.3 Å². The molecule has 2 aromatic rings. The molecule has 0 fully saturated rings. The second-order valence-electron chi connectivity index (χ2n) is 10.7. The van der Waals surface area contributed by atoms with Gasteiger partial charge in [-0.25, -0.2) is 9.00 Å². The Balaban J connectivity index is 1.46. The highest BCUT2D eigenvalue weighted by Crippen LogP contribution is 2.34. The standard InChI is InChI=1S/C27H37NO4S/c1-26(2,3)23-11-8-19(14-24(23)27(4,5)6)16-28-12-7-13-31-25(29)20-9-10-21-17-32-33(30)18-22(21)15-20/h8-11,14-15,28H,7,12-13,16-18H2,1-6H3. The van der Waals surface area contributed by atoms with Gasteiger partial charge in [-0.15, -0.1) is 0 Å². The third kappa shape index (κ3) is 6.98. The summed E-state index contributed by atoms with van der Waals surface area (Å²) in [6.45, 7) is 15.8. The van der Waals surface area contributed by atoms with Crippen LogP contribution in [-0.2, 0) is 49.7 Å². The third-order valence-corrected chi connectivity index (χ3v) is 6.75. The molecule has 33 heavy (non-hydrogen) atoms. The summed E-state index contributed by atoms with van der Waals surface area (Å²) in [6, 6.07) is 12.1. The van der Waals surface area contributed by atoms with Gasteiger partial charge in [0.2, 0.25) is 0 Å². The highest BCUT2D eigenvalue weighted by Gasteiger charge is 2.25. The van der Waals surface area contributed by atoms with Gasteiger partial charge >= 0.3 is 5.97 Å². The van der Waals surface area contributed by atoms with Crippen molar-refractivity contribution >= 4 is 17.0 Å². The molecular formula is C27H37NO4S. The van der Waals surface area contributed by atoms with Crippen molar-refractivity contribution in [2.24, 2.45) is 0 Å². The van der Waals surface area contributed by atoms with Crippen molar-refractivity contribution in [3.8, 4) is 0 Å². The zero-order valence-electron chi connectivity index (χ0n) is 20.7. The van der Waals surface area contributed by atoms with Gasteiger partial charge in [-0.3, -0.25) is 4.18 Å². The zero-order valence-corrected chi connectivity index (χ0v) is 21.6. The Labute approximate surface area is 200 Å². The molecule has 2 aromatic carbocycles. The van der Waals surface area contributed by atoms with Gasteiger partial charge in [0, 0.05) is 6.54 Å². The molecule has 0 aliphatic carbocycles. The van der Waals surface area contributed by atoms with Crippen LogP contribution in [0.3, 0.4) is 0 Å². The van der Waals surface area contributed by atoms with E-state index in [0.29, 0.717) is 24.5 Å². The van der Waals surface area contributed by atoms with E-state index in [-0.39, 0.29) is 16.8 Å². The average Bonchev–Trinajstić information content (AvgIpc) is 2.74. The van der Waals surface area contributed by atoms with Crippen LogP contribution < -0.4 is 5.32 Å². The van der Waals surface area contributed by atoms with Crippen molar-refractivity contribution in [2.45, 2.75) is 77.7 Å². The highest BCUT2D eigenvalue weighted by molar-refractivity contribution is 7.79. The van der Waals surface area contributed by atoms with E-state index in [2.05, 4.69) is 65.1 Å². The fourth-order valence-corrected chi connectivity index (χ4v) is 4.84. The predicted molar refractivity (Wildman–Crippen MR) is 134 cm³/mol. The van der Waals surface area contributed by atoms with Crippen molar-refractivity contribution < 1.29 is 17.9 Å². The average molecular weight is 472 g/mol. The highest BCUT2D eigenvalue weighted by atomic mass is 32.2. The van der Waals surface area contributed by atoms with Crippen LogP contribution in [0.25, 0.3) is 0 Å². The second-order valence-corrected chi connectivity index (χ2v) is 11.9. The quantitative estimate of drug-likeness (QED) is 0.438. The van der Waals surface area contributed by atoms with E-state index in [9.17, 15) is 9.00 Å². The maximum atomic E-state index is 12.4. The molecule has 6 heteroatoms. The molecule has 0 saturated carbocycles. The molecule has 0 aromatic heterocycles. The SMILES string of the molecule is CC(C)(C)c1ccc(CNCCCOC(=O)c2ccc3c(c2)CS(=O)OC3)cc1C(C)(C)C. The number of carbonyl (C=O) groups is 1. The first-order chi connectivity index (χ1) is 15.4. The van der Waals surface area contributed by atoms with E-state index in [0.717, 1.165) is 30.6 Å². The number of carbonyl (C=O) groups excluding carboxylic acids is 1. The molecule has 0 spiro atoms. The van der Waals surface area contributed by atoms with Crippen LogP contribution in [0.4, 0.5) is 0 Å². The topological polar surface area (TPSA) is 64.6 Å². The fraction of sp³-hybridized carbons (Fsp3) is 0.519. The van der Waals surface area contributed by atoms with Gasteiger partial charge in [0.15, 0.2) is 11.1 Å². The summed E-state index contributed by atoms with van der Waals surface area (Å²) < 4.78 is 22.1. The summed E-state index contributed by atoms with van der Waals surface area (Å²) in [4.78, 5) is 12.4. The Hall–Kier alpha value is -2.02. The Morgan fingerprint density at radius 3 is 2.42 bits per heavy atom. The van der Waals surface area contributed by atoms with E-state index in [1.54, 1.807) is 12.1 Å². The van der Waals surface area contributed by atoms with Gasteiger partial charge in [0.1, 0.15) is 0 Å². The van der Waals surface area contributed by atoms with Crippen LogP contribution in [0.2, 0.25) is 0 Å². The number of benzene rings is 2. The predicted octanol–water partition coefficient (Wildman–Crippen LogP) is 5.31. The molecule has 180 valence electrons. The lowest BCUT2D eigenvalue weighted by Gasteiger charge is -2.30. The lowest BCUT2D eigenvalue weighted by Crippen LogP contribution is -2.23. The molecule has 5 nitrogen and oxygen atoms in total. The third-order valence-electron chi connectivity index (χ3n) is 5.82. The molecule has 0 amide bonds. The van der Waals surface area contributed by atoms with Crippen molar-refractivity contribution in [3.63, 3.8) is 0 Å². The number of fused-ring (bicyclic) bond motifs is 1. The van der Waals surface area contributed by atoms with Gasteiger partial charge in [-0.05, 0) is 63.7 Å². The largest absolute Gasteiger partial charge is 0.462 e. The van der Waals surface area contributed by atoms with Gasteiger partial charge in [0.05, 0.1) is 24.5 Å². The number of ether oxygens (including phenoxy) is 1. The Kier molecular flexibility index (Phi) is 8.14. The molecule has 3 rings (SSSR count). The molecule has 0 radical (unpaired) electrons. The molecule has 1 N–H and O–H groups in total. The second kappa shape index (κ2) is 10.5. The van der Waals surface area contributed by atoms with Crippen LogP contribution in [0.15, 0.2) is 36.4 Å². The van der Waals surface area contributed by atoms with Gasteiger partial charge in [0.25, 0.3) is 0 Å². The minimum Gasteiger partial charge on any atom is -0.462 e. The molecule has 0 saturated heterocycles. The number of rotatable bonds is 7. The van der Waals surface area contributed by atoms with E-state index < -0.39 is 11.1 Å². The summed E-state index contributed by atoms with van der Waals surface area (Å²) in [5, 5.41) is 3.46. The maximum absolute atomic E-state index is 12.4. The molecule has 0 bridgehead atoms. The van der Waals surface area contributed by atoms with Crippen LogP contribution in [0.5, 0.6) is 0 Å². The van der Waals surface area contributed by atoms with E-state index >= 15 is 0 Å². The smallest absolute Gasteiger partial charge is 0.338 e. The molecule has 1 unspecified atom stereocenters. The molecule has 1 atom stereocenters. The van der Waals surface area contributed by atoms with Gasteiger partial charge < -0.3 is 10.1 Å². The maximum Gasteiger partial charge on any atom is 0.338 e. The van der Waals surface area contributed by atoms with Crippen LogP contribution in [0.1, 0.15) is 86.1 Å². The summed E-state index contributed by atoms with van der Waals surface area (Å²) in [7, 11) is 0. The minimum absolute atomic E-state index is 0.0889. The van der Waals surface area contributed by atoms with E-state index in [1.807, 2.05) is 6.07 Å². The first-order valence-electron chi connectivity index (χ1n) is 11.6.